The van der Waals surface area contributed by atoms with Gasteiger partial charge < -0.3 is 4.74 Å². The third-order valence-electron chi connectivity index (χ3n) is 16.3. The van der Waals surface area contributed by atoms with E-state index in [2.05, 4.69) is 243 Å². The molecule has 0 spiro atoms. The highest BCUT2D eigenvalue weighted by molar-refractivity contribution is 6.10. The first-order valence-corrected chi connectivity index (χ1v) is 28.2. The lowest BCUT2D eigenvalue weighted by Crippen LogP contribution is -2.32. The van der Waals surface area contributed by atoms with Crippen molar-refractivity contribution in [3.63, 3.8) is 0 Å². The summed E-state index contributed by atoms with van der Waals surface area (Å²) >= 11 is 0. The van der Waals surface area contributed by atoms with Gasteiger partial charge in [-0.1, -0.05) is 229 Å². The summed E-state index contributed by atoms with van der Waals surface area (Å²) in [6.45, 7) is 27.0. The van der Waals surface area contributed by atoms with Crippen LogP contribution in [0.2, 0.25) is 0 Å². The van der Waals surface area contributed by atoms with E-state index in [1.165, 1.54) is 16.7 Å². The highest BCUT2D eigenvalue weighted by Gasteiger charge is 2.32. The average molecular weight is 1060 g/mol. The predicted octanol–water partition coefficient (Wildman–Crippen LogP) is 19.8. The lowest BCUT2D eigenvalue weighted by Gasteiger charge is -2.29. The SMILES string of the molecule is [2H]c1c([2H])c([2H])c(-c2cccc3c2-c2cc(C(C)(C)C)cc(-c4cc(C(C)(C)C)cc(C(C)(C)C)c4)c2-[n+]2[c-]n(-c4cccc(Oc5ccc6c7ccccc7n(-c7cc(C(C)(C)C)ccn7)c6c5)c4)c4cccc(c42)-c2ccccc2-3)c([2H])c1[2H]. The van der Waals surface area contributed by atoms with Gasteiger partial charge >= 0.3 is 0 Å². The molecule has 0 atom stereocenters. The summed E-state index contributed by atoms with van der Waals surface area (Å²) in [5.74, 6) is 2.16. The molecule has 0 N–H and O–H groups in total. The lowest BCUT2D eigenvalue weighted by molar-refractivity contribution is -0.570. The molecule has 5 nitrogen and oxygen atoms in total. The molecule has 12 aromatic rings. The van der Waals surface area contributed by atoms with Gasteiger partial charge in [-0.05, 0) is 148 Å². The van der Waals surface area contributed by atoms with E-state index < -0.39 is 6.04 Å². The fourth-order valence-corrected chi connectivity index (χ4v) is 11.8. The van der Waals surface area contributed by atoms with Crippen LogP contribution < -0.4 is 9.30 Å². The van der Waals surface area contributed by atoms with Gasteiger partial charge in [0.05, 0.1) is 40.3 Å². The van der Waals surface area contributed by atoms with Gasteiger partial charge in [-0.25, -0.2) is 4.98 Å². The number of ether oxygens (including phenoxy) is 1. The first-order chi connectivity index (χ1) is 40.8. The molecular formula is C76H70N4O. The van der Waals surface area contributed by atoms with E-state index in [4.69, 9.17) is 13.8 Å². The third-order valence-corrected chi connectivity index (χ3v) is 16.3. The second kappa shape index (κ2) is 18.9. The largest absolute Gasteiger partial charge is 0.458 e. The zero-order valence-electron chi connectivity index (χ0n) is 53.4. The molecule has 0 amide bonds. The van der Waals surface area contributed by atoms with E-state index in [0.29, 0.717) is 17.1 Å². The van der Waals surface area contributed by atoms with Gasteiger partial charge in [-0.2, -0.15) is 0 Å². The molecule has 0 unspecified atom stereocenters. The summed E-state index contributed by atoms with van der Waals surface area (Å²) in [5, 5.41) is 2.24. The van der Waals surface area contributed by atoms with E-state index in [9.17, 15) is 2.74 Å². The molecule has 0 radical (unpaired) electrons. The van der Waals surface area contributed by atoms with E-state index >= 15 is 0 Å². The number of hydrogen-bond donors (Lipinski definition) is 0. The van der Waals surface area contributed by atoms with Crippen LogP contribution in [0, 0.1) is 6.33 Å². The van der Waals surface area contributed by atoms with Crippen molar-refractivity contribution in [1.82, 2.24) is 14.1 Å². The molecule has 0 fully saturated rings. The van der Waals surface area contributed by atoms with Crippen LogP contribution in [0.5, 0.6) is 11.5 Å². The summed E-state index contributed by atoms with van der Waals surface area (Å²) in [6, 6.07) is 58.0. The van der Waals surface area contributed by atoms with Gasteiger partial charge in [0.1, 0.15) is 17.3 Å². The van der Waals surface area contributed by atoms with Crippen molar-refractivity contribution in [2.24, 2.45) is 0 Å². The van der Waals surface area contributed by atoms with Crippen LogP contribution in [0.3, 0.4) is 0 Å². The Morgan fingerprint density at radius 2 is 1.02 bits per heavy atom. The third kappa shape index (κ3) is 9.04. The second-order valence-corrected chi connectivity index (χ2v) is 26.0. The highest BCUT2D eigenvalue weighted by atomic mass is 16.5. The number of nitrogens with zero attached hydrogens (tertiary/aromatic N) is 4. The van der Waals surface area contributed by atoms with E-state index in [1.807, 2.05) is 36.5 Å². The van der Waals surface area contributed by atoms with Gasteiger partial charge in [0, 0.05) is 23.0 Å². The maximum Gasteiger partial charge on any atom is 0.269 e. The molecule has 81 heavy (non-hydrogen) atoms. The van der Waals surface area contributed by atoms with Gasteiger partial charge in [0.25, 0.3) is 6.33 Å². The Kier molecular flexibility index (Phi) is 10.7. The number of rotatable bonds is 6. The van der Waals surface area contributed by atoms with Crippen LogP contribution in [0.25, 0.3) is 106 Å². The van der Waals surface area contributed by atoms with Gasteiger partial charge in [-0.3, -0.25) is 13.7 Å². The molecular weight excluding hydrogens is 985 g/mol. The Labute approximate surface area is 484 Å². The first-order valence-electron chi connectivity index (χ1n) is 30.7. The molecule has 9 aromatic carbocycles. The zero-order chi connectivity index (χ0) is 60.7. The van der Waals surface area contributed by atoms with Gasteiger partial charge in [-0.15, -0.1) is 0 Å². The Morgan fingerprint density at radius 1 is 0.444 bits per heavy atom. The Hall–Kier alpha value is -8.80. The van der Waals surface area contributed by atoms with Crippen molar-refractivity contribution in [1.29, 1.82) is 0 Å². The minimum atomic E-state index is -0.435. The number of para-hydroxylation sites is 2. The van der Waals surface area contributed by atoms with Crippen LogP contribution in [0.4, 0.5) is 0 Å². The molecule has 4 heterocycles. The van der Waals surface area contributed by atoms with E-state index in [1.54, 1.807) is 0 Å². The standard InChI is InChI=1S/C76H70N4O/c1-73(2,3)50-37-38-77-69(44-50)80-66-33-19-18-29-60(66)61-36-35-56(46-68(61)80)81-55-26-20-25-54(45-55)78-47-79-71-64(49-39-51(74(4,5)6)41-52(40-49)75(7,8)9)42-53(76(10,11)12)43-65(71)70-57(48-23-14-13-15-24-48)30-21-31-62(70)58-27-16-17-28-59(58)63-32-22-34-67(78)72(63)79/h13-46H,1-12H3/i13D,14D,15D,23D,24D. The molecule has 400 valence electrons. The maximum atomic E-state index is 9.56. The summed E-state index contributed by atoms with van der Waals surface area (Å²) in [6.07, 6.45) is 5.91. The fraction of sp³-hybridized carbons (Fsp3) is 0.211. The zero-order valence-corrected chi connectivity index (χ0v) is 48.4. The topological polar surface area (TPSA) is 35.9 Å². The lowest BCUT2D eigenvalue weighted by atomic mass is 9.76. The van der Waals surface area contributed by atoms with Crippen molar-refractivity contribution in [2.75, 3.05) is 0 Å². The molecule has 0 aliphatic carbocycles. The van der Waals surface area contributed by atoms with Crippen LogP contribution in [0.1, 0.15) is 112 Å². The Bertz CT molecular complexity index is 4730. The number of hydrogen-bond acceptors (Lipinski definition) is 2. The van der Waals surface area contributed by atoms with Crippen LogP contribution >= 0.6 is 0 Å². The number of fused-ring (bicyclic) bond motifs is 10. The van der Waals surface area contributed by atoms with Crippen LogP contribution in [-0.4, -0.2) is 14.1 Å². The molecule has 0 bridgehead atoms. The molecule has 0 saturated heterocycles. The van der Waals surface area contributed by atoms with Crippen LogP contribution in [-0.2, 0) is 21.7 Å². The number of imidazole rings is 1. The summed E-state index contributed by atoms with van der Waals surface area (Å²) in [5.41, 5.74) is 17.4. The minimum absolute atomic E-state index is 0.0684. The number of aromatic nitrogens is 4. The monoisotopic (exact) mass is 1060 g/mol. The van der Waals surface area contributed by atoms with Gasteiger partial charge in [0.15, 0.2) is 0 Å². The molecule has 3 aromatic heterocycles. The minimum Gasteiger partial charge on any atom is -0.458 e. The second-order valence-electron chi connectivity index (χ2n) is 26.0. The van der Waals surface area contributed by atoms with E-state index in [-0.39, 0.29) is 51.4 Å². The van der Waals surface area contributed by atoms with Gasteiger partial charge in [0.2, 0.25) is 0 Å². The summed E-state index contributed by atoms with van der Waals surface area (Å²) < 4.78 is 59.4. The summed E-state index contributed by atoms with van der Waals surface area (Å²) in [7, 11) is 0. The normalized spacial score (nSPS) is 13.6. The average Bonchev–Trinajstić information content (AvgIpc) is 1.48. The van der Waals surface area contributed by atoms with E-state index in [0.717, 1.165) is 100 Å². The van der Waals surface area contributed by atoms with Crippen molar-refractivity contribution in [3.8, 4) is 84.3 Å². The highest BCUT2D eigenvalue weighted by Crippen LogP contribution is 2.50. The van der Waals surface area contributed by atoms with Crippen molar-refractivity contribution in [3.05, 3.63) is 235 Å². The first kappa shape index (κ1) is 46.0. The molecule has 0 saturated carbocycles. The van der Waals surface area contributed by atoms with Crippen molar-refractivity contribution >= 4 is 32.8 Å². The number of benzene rings is 9. The Balaban J connectivity index is 1.10. The van der Waals surface area contributed by atoms with Crippen molar-refractivity contribution in [2.45, 2.75) is 105 Å². The predicted molar refractivity (Wildman–Crippen MR) is 338 cm³/mol. The Morgan fingerprint density at radius 3 is 1.75 bits per heavy atom. The quantitative estimate of drug-likeness (QED) is 0.123. The van der Waals surface area contributed by atoms with Crippen molar-refractivity contribution < 1.29 is 16.2 Å². The smallest absolute Gasteiger partial charge is 0.269 e. The maximum absolute atomic E-state index is 9.56. The molecule has 1 aliphatic heterocycles. The fourth-order valence-electron chi connectivity index (χ4n) is 11.8. The molecule has 1 aliphatic rings. The number of pyridine rings is 1. The molecule has 5 heteroatoms. The molecule has 13 rings (SSSR count). The summed E-state index contributed by atoms with van der Waals surface area (Å²) in [4.78, 5) is 4.93. The van der Waals surface area contributed by atoms with Crippen LogP contribution in [0.15, 0.2) is 206 Å².